The Bertz CT molecular complexity index is 1050. The Morgan fingerprint density at radius 2 is 1.81 bits per heavy atom. The number of oxime groups is 1. The van der Waals surface area contributed by atoms with Crippen LogP contribution in [0.5, 0.6) is 5.75 Å². The molecule has 0 saturated heterocycles. The van der Waals surface area contributed by atoms with Gasteiger partial charge in [0.2, 0.25) is 0 Å². The van der Waals surface area contributed by atoms with Crippen molar-refractivity contribution >= 4 is 11.6 Å². The van der Waals surface area contributed by atoms with Gasteiger partial charge in [-0.3, -0.25) is 4.79 Å². The highest BCUT2D eigenvalue weighted by Crippen LogP contribution is 2.67. The first-order valence-electron chi connectivity index (χ1n) is 13.8. The molecule has 1 aromatic carbocycles. The van der Waals surface area contributed by atoms with Crippen LogP contribution in [0.15, 0.2) is 41.1 Å². The minimum Gasteiger partial charge on any atom is -0.508 e. The fourth-order valence-corrected chi connectivity index (χ4v) is 8.12. The Hall–Kier alpha value is -2.34. The molecule has 0 heterocycles. The second-order valence-electron chi connectivity index (χ2n) is 12.4. The van der Waals surface area contributed by atoms with Crippen LogP contribution in [0.3, 0.4) is 0 Å². The molecule has 0 spiro atoms. The zero-order valence-corrected chi connectivity index (χ0v) is 22.1. The maximum Gasteiger partial charge on any atom is 0.260 e. The Balaban J connectivity index is 1.15. The number of aliphatic hydroxyl groups is 1. The highest BCUT2D eigenvalue weighted by Gasteiger charge is 2.62. The summed E-state index contributed by atoms with van der Waals surface area (Å²) in [6.07, 6.45) is 11.7. The number of amides is 1. The van der Waals surface area contributed by atoms with Gasteiger partial charge in [-0.05, 0) is 117 Å². The molecule has 36 heavy (non-hydrogen) atoms. The lowest BCUT2D eigenvalue weighted by molar-refractivity contribution is -0.125. The molecule has 4 aliphatic carbocycles. The lowest BCUT2D eigenvalue weighted by Crippen LogP contribution is -2.53. The molecule has 6 heteroatoms. The minimum absolute atomic E-state index is 0.0610. The molecule has 4 aliphatic rings. The number of aromatic hydroxyl groups is 1. The fraction of sp³-hybridized carbons (Fsp3) is 0.667. The normalized spacial score (nSPS) is 38.5. The highest BCUT2D eigenvalue weighted by molar-refractivity contribution is 5.96. The summed E-state index contributed by atoms with van der Waals surface area (Å²) in [6.45, 7) is 7.32. The van der Waals surface area contributed by atoms with E-state index in [-0.39, 0.29) is 29.1 Å². The van der Waals surface area contributed by atoms with E-state index in [1.165, 1.54) is 18.4 Å². The van der Waals surface area contributed by atoms with Crippen molar-refractivity contribution in [3.63, 3.8) is 0 Å². The SMILES string of the molecule is C[C@]12CCC(=NOCC(=O)NCCc3ccc(O)cc3)C=C1CC[C@@H]1C2CC[C@@]2(C)C1CC[C@]2(C)O. The lowest BCUT2D eigenvalue weighted by Gasteiger charge is -2.59. The van der Waals surface area contributed by atoms with Crippen LogP contribution in [0.25, 0.3) is 0 Å². The van der Waals surface area contributed by atoms with Crippen molar-refractivity contribution in [2.75, 3.05) is 13.2 Å². The number of rotatable bonds is 6. The number of carbonyl (C=O) groups is 1. The third kappa shape index (κ3) is 4.46. The van der Waals surface area contributed by atoms with Crippen molar-refractivity contribution in [2.24, 2.45) is 33.7 Å². The standard InChI is InChI=1S/C30H42N2O4/c1-28-14-10-22(32-36-19-27(34)31-17-13-20-4-7-23(33)8-5-20)18-21(28)6-9-24-25(28)11-15-29(2)26(24)12-16-30(29,3)35/h4-5,7-8,18,24-26,33,35H,6,9-17,19H2,1-3H3,(H,31,34)/t24-,25?,26?,28+,29+,30+/m1/s1. The van der Waals surface area contributed by atoms with Gasteiger partial charge in [0.05, 0.1) is 11.3 Å². The van der Waals surface area contributed by atoms with Gasteiger partial charge in [-0.25, -0.2) is 0 Å². The predicted molar refractivity (Wildman–Crippen MR) is 141 cm³/mol. The number of phenols is 1. The maximum absolute atomic E-state index is 12.1. The number of nitrogens with zero attached hydrogens (tertiary/aromatic N) is 1. The number of benzene rings is 1. The van der Waals surface area contributed by atoms with E-state index in [0.29, 0.717) is 30.7 Å². The monoisotopic (exact) mass is 494 g/mol. The molecule has 3 saturated carbocycles. The molecule has 196 valence electrons. The van der Waals surface area contributed by atoms with Crippen LogP contribution in [0.4, 0.5) is 0 Å². The summed E-state index contributed by atoms with van der Waals surface area (Å²) in [5, 5.41) is 27.7. The van der Waals surface area contributed by atoms with E-state index >= 15 is 0 Å². The van der Waals surface area contributed by atoms with Crippen molar-refractivity contribution in [1.82, 2.24) is 5.32 Å². The largest absolute Gasteiger partial charge is 0.508 e. The van der Waals surface area contributed by atoms with Gasteiger partial charge in [-0.1, -0.05) is 36.7 Å². The molecular weight excluding hydrogens is 452 g/mol. The first kappa shape index (κ1) is 25.3. The van der Waals surface area contributed by atoms with Crippen LogP contribution >= 0.6 is 0 Å². The third-order valence-electron chi connectivity index (χ3n) is 10.6. The molecule has 2 unspecified atom stereocenters. The lowest BCUT2D eigenvalue weighted by atomic mass is 9.46. The molecule has 3 fully saturated rings. The number of hydrogen-bond acceptors (Lipinski definition) is 5. The van der Waals surface area contributed by atoms with E-state index in [1.54, 1.807) is 12.1 Å². The van der Waals surface area contributed by atoms with Gasteiger partial charge in [0.1, 0.15) is 5.75 Å². The van der Waals surface area contributed by atoms with E-state index in [4.69, 9.17) is 4.84 Å². The second kappa shape index (κ2) is 9.51. The summed E-state index contributed by atoms with van der Waals surface area (Å²) in [5.41, 5.74) is 3.25. The number of phenolic OH excluding ortho intramolecular Hbond substituents is 1. The number of hydrogen-bond donors (Lipinski definition) is 3. The number of carbonyl (C=O) groups excluding carboxylic acids is 1. The summed E-state index contributed by atoms with van der Waals surface area (Å²) in [6, 6.07) is 7.00. The Morgan fingerprint density at radius 1 is 1.06 bits per heavy atom. The van der Waals surface area contributed by atoms with Gasteiger partial charge in [0, 0.05) is 6.54 Å². The molecule has 0 aromatic heterocycles. The van der Waals surface area contributed by atoms with Gasteiger partial charge in [0.15, 0.2) is 6.61 Å². The highest BCUT2D eigenvalue weighted by atomic mass is 16.6. The van der Waals surface area contributed by atoms with Crippen LogP contribution < -0.4 is 5.32 Å². The van der Waals surface area contributed by atoms with Crippen LogP contribution in [-0.2, 0) is 16.1 Å². The van der Waals surface area contributed by atoms with Crippen LogP contribution in [0.2, 0.25) is 0 Å². The average Bonchev–Trinajstić information content (AvgIpc) is 3.09. The topological polar surface area (TPSA) is 91.2 Å². The van der Waals surface area contributed by atoms with Gasteiger partial charge < -0.3 is 20.4 Å². The first-order valence-corrected chi connectivity index (χ1v) is 13.8. The number of nitrogens with one attached hydrogen (secondary N) is 1. The molecule has 1 aromatic rings. The van der Waals surface area contributed by atoms with Crippen molar-refractivity contribution in [1.29, 1.82) is 0 Å². The maximum atomic E-state index is 12.1. The van der Waals surface area contributed by atoms with Crippen molar-refractivity contribution in [2.45, 2.75) is 84.2 Å². The van der Waals surface area contributed by atoms with Crippen molar-refractivity contribution in [3.8, 4) is 5.75 Å². The molecule has 0 radical (unpaired) electrons. The Morgan fingerprint density at radius 3 is 2.58 bits per heavy atom. The Kier molecular flexibility index (Phi) is 6.69. The fourth-order valence-electron chi connectivity index (χ4n) is 8.12. The van der Waals surface area contributed by atoms with E-state index in [9.17, 15) is 15.0 Å². The summed E-state index contributed by atoms with van der Waals surface area (Å²) >= 11 is 0. The zero-order valence-electron chi connectivity index (χ0n) is 22.1. The van der Waals surface area contributed by atoms with Crippen molar-refractivity contribution < 1.29 is 19.8 Å². The Labute approximate surface area is 215 Å². The summed E-state index contributed by atoms with van der Waals surface area (Å²) in [4.78, 5) is 17.6. The molecule has 0 bridgehead atoms. The molecule has 5 rings (SSSR count). The van der Waals surface area contributed by atoms with E-state index in [2.05, 4.69) is 37.3 Å². The smallest absolute Gasteiger partial charge is 0.260 e. The van der Waals surface area contributed by atoms with E-state index in [0.717, 1.165) is 49.8 Å². The van der Waals surface area contributed by atoms with Gasteiger partial charge >= 0.3 is 0 Å². The summed E-state index contributed by atoms with van der Waals surface area (Å²) < 4.78 is 0. The van der Waals surface area contributed by atoms with E-state index < -0.39 is 5.60 Å². The minimum atomic E-state index is -0.527. The average molecular weight is 495 g/mol. The zero-order chi connectivity index (χ0) is 25.6. The predicted octanol–water partition coefficient (Wildman–Crippen LogP) is 5.14. The molecule has 1 amide bonds. The van der Waals surface area contributed by atoms with Gasteiger partial charge in [-0.15, -0.1) is 0 Å². The number of allylic oxidation sites excluding steroid dienone is 2. The van der Waals surface area contributed by atoms with Gasteiger partial charge in [0.25, 0.3) is 5.91 Å². The summed E-state index contributed by atoms with van der Waals surface area (Å²) in [5.74, 6) is 2.09. The second-order valence-corrected chi connectivity index (χ2v) is 12.4. The van der Waals surface area contributed by atoms with E-state index in [1.807, 2.05) is 12.1 Å². The van der Waals surface area contributed by atoms with Crippen molar-refractivity contribution in [3.05, 3.63) is 41.5 Å². The summed E-state index contributed by atoms with van der Waals surface area (Å²) in [7, 11) is 0. The molecule has 0 aliphatic heterocycles. The molecule has 3 N–H and O–H groups in total. The third-order valence-corrected chi connectivity index (χ3v) is 10.6. The first-order chi connectivity index (χ1) is 17.1. The van der Waals surface area contributed by atoms with Crippen LogP contribution in [-0.4, -0.2) is 40.6 Å². The molecular formula is C30H42N2O4. The quantitative estimate of drug-likeness (QED) is 0.478. The van der Waals surface area contributed by atoms with Crippen LogP contribution in [0.1, 0.15) is 77.7 Å². The molecule has 6 nitrogen and oxygen atoms in total. The van der Waals surface area contributed by atoms with Crippen LogP contribution in [0, 0.1) is 28.6 Å². The van der Waals surface area contributed by atoms with Gasteiger partial charge in [-0.2, -0.15) is 0 Å². The number of fused-ring (bicyclic) bond motifs is 5. The molecule has 6 atom stereocenters.